The highest BCUT2D eigenvalue weighted by Gasteiger charge is 2.12. The predicted molar refractivity (Wildman–Crippen MR) is 122 cm³/mol. The smallest absolute Gasteiger partial charge is 0.251 e. The summed E-state index contributed by atoms with van der Waals surface area (Å²) >= 11 is 1.60. The Morgan fingerprint density at radius 2 is 1.60 bits per heavy atom. The van der Waals surface area contributed by atoms with Gasteiger partial charge in [0, 0.05) is 24.1 Å². The fraction of sp³-hybridized carbons (Fsp3) is 0.125. The molecule has 0 fully saturated rings. The van der Waals surface area contributed by atoms with E-state index in [9.17, 15) is 9.59 Å². The highest BCUT2D eigenvalue weighted by Crippen LogP contribution is 2.34. The fourth-order valence-electron chi connectivity index (χ4n) is 3.12. The number of fused-ring (bicyclic) bond motifs is 1. The van der Waals surface area contributed by atoms with Crippen LogP contribution in [-0.4, -0.2) is 23.3 Å². The molecule has 1 aromatic heterocycles. The van der Waals surface area contributed by atoms with Crippen molar-refractivity contribution in [2.24, 2.45) is 0 Å². The van der Waals surface area contributed by atoms with Crippen LogP contribution >= 0.6 is 11.3 Å². The molecule has 0 aliphatic carbocycles. The van der Waals surface area contributed by atoms with Crippen LogP contribution in [0.15, 0.2) is 78.9 Å². The van der Waals surface area contributed by atoms with Gasteiger partial charge in [0.15, 0.2) is 0 Å². The number of para-hydroxylation sites is 2. The van der Waals surface area contributed by atoms with Crippen molar-refractivity contribution < 1.29 is 9.59 Å². The summed E-state index contributed by atoms with van der Waals surface area (Å²) in [7, 11) is 0. The van der Waals surface area contributed by atoms with Crippen LogP contribution in [0, 0.1) is 0 Å². The lowest BCUT2D eigenvalue weighted by molar-refractivity contribution is -0.116. The molecule has 0 atom stereocenters. The fourth-order valence-corrected chi connectivity index (χ4v) is 4.13. The van der Waals surface area contributed by atoms with Gasteiger partial charge in [0.2, 0.25) is 5.91 Å². The van der Waals surface area contributed by atoms with E-state index in [2.05, 4.69) is 10.6 Å². The lowest BCUT2D eigenvalue weighted by Crippen LogP contribution is -2.25. The molecule has 0 aliphatic rings. The largest absolute Gasteiger partial charge is 0.352 e. The van der Waals surface area contributed by atoms with Crippen LogP contribution in [0.25, 0.3) is 20.8 Å². The maximum atomic E-state index is 12.4. The molecule has 0 aliphatic heterocycles. The van der Waals surface area contributed by atoms with Gasteiger partial charge in [-0.25, -0.2) is 4.98 Å². The summed E-state index contributed by atoms with van der Waals surface area (Å²) in [5.74, 6) is -0.213. The van der Waals surface area contributed by atoms with Crippen molar-refractivity contribution in [2.75, 3.05) is 11.9 Å². The quantitative estimate of drug-likeness (QED) is 0.412. The molecule has 5 nitrogen and oxygen atoms in total. The molecule has 0 bridgehead atoms. The summed E-state index contributed by atoms with van der Waals surface area (Å²) in [5, 5.41) is 6.71. The van der Waals surface area contributed by atoms with E-state index in [1.807, 2.05) is 66.7 Å². The second-order valence-corrected chi connectivity index (χ2v) is 7.84. The third-order valence-electron chi connectivity index (χ3n) is 4.63. The Morgan fingerprint density at radius 1 is 0.867 bits per heavy atom. The maximum absolute atomic E-state index is 12.4. The van der Waals surface area contributed by atoms with Crippen LogP contribution < -0.4 is 10.6 Å². The summed E-state index contributed by atoms with van der Waals surface area (Å²) in [5.41, 5.74) is 3.22. The van der Waals surface area contributed by atoms with Crippen molar-refractivity contribution >= 4 is 39.1 Å². The van der Waals surface area contributed by atoms with E-state index in [-0.39, 0.29) is 11.8 Å². The van der Waals surface area contributed by atoms with Crippen molar-refractivity contribution in [2.45, 2.75) is 12.8 Å². The maximum Gasteiger partial charge on any atom is 0.251 e. The molecule has 4 rings (SSSR count). The first kappa shape index (κ1) is 19.8. The van der Waals surface area contributed by atoms with Crippen molar-refractivity contribution in [1.29, 1.82) is 0 Å². The first-order valence-electron chi connectivity index (χ1n) is 9.79. The van der Waals surface area contributed by atoms with Crippen LogP contribution in [0.2, 0.25) is 0 Å². The zero-order chi connectivity index (χ0) is 20.8. The monoisotopic (exact) mass is 415 g/mol. The van der Waals surface area contributed by atoms with Gasteiger partial charge in [-0.15, -0.1) is 11.3 Å². The molecule has 3 aromatic carbocycles. The molecule has 0 unspecified atom stereocenters. The summed E-state index contributed by atoms with van der Waals surface area (Å²) in [4.78, 5) is 29.2. The lowest BCUT2D eigenvalue weighted by atomic mass is 10.1. The number of hydrogen-bond acceptors (Lipinski definition) is 4. The van der Waals surface area contributed by atoms with Gasteiger partial charge in [0.05, 0.1) is 15.9 Å². The summed E-state index contributed by atoms with van der Waals surface area (Å²) in [6.07, 6.45) is 0.886. The molecule has 2 amide bonds. The Morgan fingerprint density at radius 3 is 2.43 bits per heavy atom. The predicted octanol–water partition coefficient (Wildman–Crippen LogP) is 5.11. The molecule has 6 heteroatoms. The molecule has 0 saturated heterocycles. The number of anilines is 1. The van der Waals surface area contributed by atoms with Crippen LogP contribution in [-0.2, 0) is 4.79 Å². The zero-order valence-corrected chi connectivity index (χ0v) is 17.1. The van der Waals surface area contributed by atoms with E-state index >= 15 is 0 Å². The summed E-state index contributed by atoms with van der Waals surface area (Å²) < 4.78 is 1.11. The molecular formula is C24H21N3O2S. The van der Waals surface area contributed by atoms with E-state index in [1.165, 1.54) is 0 Å². The molecule has 0 radical (unpaired) electrons. The van der Waals surface area contributed by atoms with Gasteiger partial charge >= 0.3 is 0 Å². The van der Waals surface area contributed by atoms with Gasteiger partial charge in [-0.05, 0) is 42.8 Å². The van der Waals surface area contributed by atoms with Crippen molar-refractivity contribution in [3.63, 3.8) is 0 Å². The number of carbonyl (C=O) groups is 2. The molecule has 30 heavy (non-hydrogen) atoms. The van der Waals surface area contributed by atoms with Gasteiger partial charge < -0.3 is 10.6 Å². The normalized spacial score (nSPS) is 10.7. The topological polar surface area (TPSA) is 71.1 Å². The minimum absolute atomic E-state index is 0.0856. The second kappa shape index (κ2) is 9.33. The number of nitrogens with zero attached hydrogens (tertiary/aromatic N) is 1. The zero-order valence-electron chi connectivity index (χ0n) is 16.3. The Hall–Kier alpha value is -3.51. The SMILES string of the molecule is O=C(CCCNC(=O)c1ccccc1)Nc1ccccc1-c1nc2ccccc2s1. The number of thiazole rings is 1. The van der Waals surface area contributed by atoms with Gasteiger partial charge in [-0.3, -0.25) is 9.59 Å². The average Bonchev–Trinajstić information content (AvgIpc) is 3.21. The highest BCUT2D eigenvalue weighted by atomic mass is 32.1. The Labute approximate surface area is 178 Å². The Balaban J connectivity index is 1.34. The van der Waals surface area contributed by atoms with Gasteiger partial charge in [0.25, 0.3) is 5.91 Å². The van der Waals surface area contributed by atoms with E-state index in [0.717, 1.165) is 26.5 Å². The highest BCUT2D eigenvalue weighted by molar-refractivity contribution is 7.21. The number of carbonyl (C=O) groups excluding carboxylic acids is 2. The molecule has 4 aromatic rings. The standard InChI is InChI=1S/C24H21N3O2S/c28-22(15-8-16-25-23(29)17-9-2-1-3-10-17)26-19-12-5-4-11-18(19)24-27-20-13-6-7-14-21(20)30-24/h1-7,9-14H,8,15-16H2,(H,25,29)(H,26,28). The van der Waals surface area contributed by atoms with Gasteiger partial charge in [0.1, 0.15) is 5.01 Å². The van der Waals surface area contributed by atoms with Gasteiger partial charge in [-0.2, -0.15) is 0 Å². The van der Waals surface area contributed by atoms with Crippen LogP contribution in [0.4, 0.5) is 5.69 Å². The minimum atomic E-state index is -0.128. The van der Waals surface area contributed by atoms with Crippen molar-refractivity contribution in [1.82, 2.24) is 10.3 Å². The first-order chi connectivity index (χ1) is 14.7. The molecular weight excluding hydrogens is 394 g/mol. The Bertz CT molecular complexity index is 1140. The number of nitrogens with one attached hydrogen (secondary N) is 2. The second-order valence-electron chi connectivity index (χ2n) is 6.81. The van der Waals surface area contributed by atoms with Crippen molar-refractivity contribution in [3.05, 3.63) is 84.4 Å². The molecule has 0 saturated carbocycles. The number of benzene rings is 3. The van der Waals surface area contributed by atoms with E-state index in [4.69, 9.17) is 4.98 Å². The average molecular weight is 416 g/mol. The Kier molecular flexibility index (Phi) is 6.15. The van der Waals surface area contributed by atoms with E-state index < -0.39 is 0 Å². The molecule has 150 valence electrons. The van der Waals surface area contributed by atoms with E-state index in [0.29, 0.717) is 24.9 Å². The molecule has 2 N–H and O–H groups in total. The van der Waals surface area contributed by atoms with E-state index in [1.54, 1.807) is 23.5 Å². The molecule has 0 spiro atoms. The summed E-state index contributed by atoms with van der Waals surface area (Å²) in [6, 6.07) is 24.7. The van der Waals surface area contributed by atoms with Crippen LogP contribution in [0.3, 0.4) is 0 Å². The first-order valence-corrected chi connectivity index (χ1v) is 10.6. The molecule has 1 heterocycles. The summed E-state index contributed by atoms with van der Waals surface area (Å²) in [6.45, 7) is 0.445. The third kappa shape index (κ3) is 4.72. The number of amides is 2. The van der Waals surface area contributed by atoms with Crippen LogP contribution in [0.1, 0.15) is 23.2 Å². The number of aromatic nitrogens is 1. The van der Waals surface area contributed by atoms with Crippen LogP contribution in [0.5, 0.6) is 0 Å². The van der Waals surface area contributed by atoms with Crippen molar-refractivity contribution in [3.8, 4) is 10.6 Å². The third-order valence-corrected chi connectivity index (χ3v) is 5.70. The van der Waals surface area contributed by atoms with Gasteiger partial charge in [-0.1, -0.05) is 42.5 Å². The minimum Gasteiger partial charge on any atom is -0.352 e. The number of hydrogen-bond donors (Lipinski definition) is 2. The lowest BCUT2D eigenvalue weighted by Gasteiger charge is -2.10. The number of rotatable bonds is 7.